The van der Waals surface area contributed by atoms with Gasteiger partial charge in [0.05, 0.1) is 25.4 Å². The number of aromatic carboxylic acids is 1. The van der Waals surface area contributed by atoms with Gasteiger partial charge in [-0.15, -0.1) is 0 Å². The van der Waals surface area contributed by atoms with Crippen molar-refractivity contribution in [3.05, 3.63) is 58.8 Å². The maximum absolute atomic E-state index is 11.8. The molecule has 0 aliphatic carbocycles. The average molecular weight is 507 g/mol. The van der Waals surface area contributed by atoms with Crippen molar-refractivity contribution >= 4 is 16.9 Å². The van der Waals surface area contributed by atoms with E-state index in [9.17, 15) is 9.90 Å². The van der Waals surface area contributed by atoms with Crippen LogP contribution in [0.1, 0.15) is 78.0 Å². The highest BCUT2D eigenvalue weighted by Crippen LogP contribution is 2.41. The normalized spacial score (nSPS) is 21.6. The van der Waals surface area contributed by atoms with Gasteiger partial charge in [-0.3, -0.25) is 4.90 Å². The zero-order valence-corrected chi connectivity index (χ0v) is 21.9. The van der Waals surface area contributed by atoms with Crippen molar-refractivity contribution in [2.24, 2.45) is 0 Å². The lowest BCUT2D eigenvalue weighted by atomic mass is 9.90. The van der Waals surface area contributed by atoms with Gasteiger partial charge in [0.15, 0.2) is 0 Å². The number of hydrogen-bond acceptors (Lipinski definition) is 5. The highest BCUT2D eigenvalue weighted by Gasteiger charge is 2.33. The number of carbonyl (C=O) groups is 1. The Labute approximate surface area is 218 Å². The molecule has 5 rings (SSSR count). The number of carboxylic acid groups (broad SMARTS) is 1. The Morgan fingerprint density at radius 1 is 1.14 bits per heavy atom. The number of hydrogen-bond donors (Lipinski definition) is 2. The SMILES string of the molecule is COc1cc(C)c2[nH]ccc2c1CN1CC[C@H]2C[C@H]1c1ccc(C(=O)O)cc1OCCCCCCCO2. The number of benzene rings is 2. The first-order valence-corrected chi connectivity index (χ1v) is 13.5. The van der Waals surface area contributed by atoms with Crippen molar-refractivity contribution in [2.75, 3.05) is 26.9 Å². The lowest BCUT2D eigenvalue weighted by molar-refractivity contribution is -0.0209. The van der Waals surface area contributed by atoms with Gasteiger partial charge in [0, 0.05) is 54.0 Å². The molecule has 0 saturated carbocycles. The summed E-state index contributed by atoms with van der Waals surface area (Å²) in [6, 6.07) is 9.62. The van der Waals surface area contributed by atoms with Crippen molar-refractivity contribution in [1.29, 1.82) is 0 Å². The molecule has 0 radical (unpaired) electrons. The van der Waals surface area contributed by atoms with E-state index in [2.05, 4.69) is 28.9 Å². The summed E-state index contributed by atoms with van der Waals surface area (Å²) in [5.41, 5.74) is 4.74. The number of methoxy groups -OCH3 is 1. The lowest BCUT2D eigenvalue weighted by Gasteiger charge is -2.40. The van der Waals surface area contributed by atoms with E-state index in [4.69, 9.17) is 14.2 Å². The summed E-state index contributed by atoms with van der Waals surface area (Å²) in [4.78, 5) is 17.6. The van der Waals surface area contributed by atoms with Crippen LogP contribution < -0.4 is 9.47 Å². The number of aromatic amines is 1. The molecule has 3 heterocycles. The van der Waals surface area contributed by atoms with E-state index in [-0.39, 0.29) is 17.7 Å². The van der Waals surface area contributed by atoms with Crippen LogP contribution >= 0.6 is 0 Å². The van der Waals surface area contributed by atoms with Gasteiger partial charge in [0.1, 0.15) is 11.5 Å². The molecule has 0 amide bonds. The second kappa shape index (κ2) is 11.6. The second-order valence-electron chi connectivity index (χ2n) is 10.3. The van der Waals surface area contributed by atoms with Crippen LogP contribution in [-0.2, 0) is 11.3 Å². The Kier molecular flexibility index (Phi) is 8.01. The van der Waals surface area contributed by atoms with Crippen molar-refractivity contribution in [3.63, 3.8) is 0 Å². The largest absolute Gasteiger partial charge is 0.496 e. The van der Waals surface area contributed by atoms with Crippen molar-refractivity contribution < 1.29 is 24.1 Å². The minimum Gasteiger partial charge on any atom is -0.496 e. The first kappa shape index (κ1) is 25.6. The summed E-state index contributed by atoms with van der Waals surface area (Å²) in [7, 11) is 1.73. The highest BCUT2D eigenvalue weighted by atomic mass is 16.5. The Morgan fingerprint density at radius 2 is 1.95 bits per heavy atom. The number of ether oxygens (including phenoxy) is 3. The van der Waals surface area contributed by atoms with Crippen molar-refractivity contribution in [3.8, 4) is 11.5 Å². The van der Waals surface area contributed by atoms with Gasteiger partial charge in [-0.1, -0.05) is 25.3 Å². The molecule has 2 aromatic carbocycles. The van der Waals surface area contributed by atoms with Crippen LogP contribution in [0, 0.1) is 6.92 Å². The third-order valence-corrected chi connectivity index (χ3v) is 7.88. The summed E-state index contributed by atoms with van der Waals surface area (Å²) in [6.45, 7) is 5.08. The van der Waals surface area contributed by atoms with E-state index in [1.807, 2.05) is 12.3 Å². The zero-order valence-electron chi connectivity index (χ0n) is 21.9. The van der Waals surface area contributed by atoms with E-state index >= 15 is 0 Å². The molecule has 2 aliphatic rings. The third kappa shape index (κ3) is 5.63. The molecular formula is C30H38N2O5. The summed E-state index contributed by atoms with van der Waals surface area (Å²) >= 11 is 0. The van der Waals surface area contributed by atoms with Gasteiger partial charge in [-0.05, 0) is 62.4 Å². The van der Waals surface area contributed by atoms with Crippen molar-refractivity contribution in [1.82, 2.24) is 9.88 Å². The number of piperidine rings is 1. The lowest BCUT2D eigenvalue weighted by Crippen LogP contribution is -2.39. The number of nitrogens with one attached hydrogen (secondary N) is 1. The number of fused-ring (bicyclic) bond motifs is 5. The number of carboxylic acids is 1. The predicted molar refractivity (Wildman–Crippen MR) is 144 cm³/mol. The van der Waals surface area contributed by atoms with Gasteiger partial charge in [-0.2, -0.15) is 0 Å². The predicted octanol–water partition coefficient (Wildman–Crippen LogP) is 6.25. The first-order valence-electron chi connectivity index (χ1n) is 13.5. The molecule has 2 bridgehead atoms. The number of nitrogens with zero attached hydrogens (tertiary/aromatic N) is 1. The van der Waals surface area contributed by atoms with Crippen LogP contribution in [0.5, 0.6) is 11.5 Å². The van der Waals surface area contributed by atoms with E-state index in [1.54, 1.807) is 19.2 Å². The van der Waals surface area contributed by atoms with Gasteiger partial charge < -0.3 is 24.3 Å². The molecule has 0 spiro atoms. The molecule has 7 heteroatoms. The Balaban J connectivity index is 1.53. The fourth-order valence-corrected chi connectivity index (χ4v) is 5.86. The van der Waals surface area contributed by atoms with E-state index in [1.165, 1.54) is 18.2 Å². The molecule has 1 saturated heterocycles. The Bertz CT molecular complexity index is 1240. The van der Waals surface area contributed by atoms with E-state index in [0.29, 0.717) is 12.4 Å². The molecule has 7 nitrogen and oxygen atoms in total. The number of likely N-dealkylation sites (tertiary alicyclic amines) is 1. The quantitative estimate of drug-likeness (QED) is 0.435. The Morgan fingerprint density at radius 3 is 2.76 bits per heavy atom. The third-order valence-electron chi connectivity index (χ3n) is 7.88. The smallest absolute Gasteiger partial charge is 0.335 e. The average Bonchev–Trinajstić information content (AvgIpc) is 3.40. The summed E-state index contributed by atoms with van der Waals surface area (Å²) in [6.07, 6.45) is 9.45. The summed E-state index contributed by atoms with van der Waals surface area (Å²) in [5, 5.41) is 10.8. The van der Waals surface area contributed by atoms with Crippen LogP contribution in [0.3, 0.4) is 0 Å². The molecule has 2 N–H and O–H groups in total. The number of rotatable bonds is 4. The van der Waals surface area contributed by atoms with Crippen LogP contribution in [0.25, 0.3) is 10.9 Å². The molecule has 1 aromatic heterocycles. The van der Waals surface area contributed by atoms with Crippen LogP contribution in [0.4, 0.5) is 0 Å². The highest BCUT2D eigenvalue weighted by molar-refractivity contribution is 5.89. The number of aromatic nitrogens is 1. The van der Waals surface area contributed by atoms with Crippen LogP contribution in [0.2, 0.25) is 0 Å². The van der Waals surface area contributed by atoms with Gasteiger partial charge in [0.25, 0.3) is 0 Å². The van der Waals surface area contributed by atoms with E-state index in [0.717, 1.165) is 79.8 Å². The zero-order chi connectivity index (χ0) is 25.8. The van der Waals surface area contributed by atoms with Crippen molar-refractivity contribution in [2.45, 2.75) is 70.6 Å². The molecule has 0 unspecified atom stereocenters. The molecule has 2 aliphatic heterocycles. The number of H-pyrrole nitrogens is 1. The monoisotopic (exact) mass is 506 g/mol. The minimum absolute atomic E-state index is 0.0412. The van der Waals surface area contributed by atoms with Gasteiger partial charge >= 0.3 is 5.97 Å². The molecular weight excluding hydrogens is 468 g/mol. The molecule has 2 atom stereocenters. The maximum atomic E-state index is 11.8. The van der Waals surface area contributed by atoms with Gasteiger partial charge in [0.2, 0.25) is 0 Å². The molecule has 198 valence electrons. The summed E-state index contributed by atoms with van der Waals surface area (Å²) in [5.74, 6) is 0.628. The summed E-state index contributed by atoms with van der Waals surface area (Å²) < 4.78 is 18.5. The van der Waals surface area contributed by atoms with Gasteiger partial charge in [-0.25, -0.2) is 4.79 Å². The standard InChI is InChI=1S/C30H38N2O5/c1-20-16-27(35-2)25(23-10-12-31-29(20)23)19-32-13-11-22-18-26(32)24-9-8-21(30(33)34)17-28(24)37-15-7-5-3-4-6-14-36-22/h8-10,12,16-17,22,26,31H,3-7,11,13-15,18-19H2,1-2H3,(H,33,34)/t22-,26-/m0/s1. The minimum atomic E-state index is -0.938. The second-order valence-corrected chi connectivity index (χ2v) is 10.3. The molecule has 37 heavy (non-hydrogen) atoms. The maximum Gasteiger partial charge on any atom is 0.335 e. The molecule has 1 fully saturated rings. The number of aryl methyl sites for hydroxylation is 1. The topological polar surface area (TPSA) is 84.0 Å². The Hall–Kier alpha value is -3.03. The fourth-order valence-electron chi connectivity index (χ4n) is 5.86. The van der Waals surface area contributed by atoms with Crippen LogP contribution in [-0.4, -0.2) is 53.9 Å². The molecule has 3 aromatic rings. The van der Waals surface area contributed by atoms with Crippen LogP contribution in [0.15, 0.2) is 36.5 Å². The van der Waals surface area contributed by atoms with E-state index < -0.39 is 5.97 Å². The first-order chi connectivity index (χ1) is 18.0. The fraction of sp³-hybridized carbons (Fsp3) is 0.500.